The summed E-state index contributed by atoms with van der Waals surface area (Å²) >= 11 is 6.10. The van der Waals surface area contributed by atoms with Gasteiger partial charge in [0.15, 0.2) is 0 Å². The molecule has 2 N–H and O–H groups in total. The van der Waals surface area contributed by atoms with Crippen molar-refractivity contribution in [3.63, 3.8) is 0 Å². The quantitative estimate of drug-likeness (QED) is 0.669. The highest BCUT2D eigenvalue weighted by atomic mass is 35.5. The van der Waals surface area contributed by atoms with E-state index >= 15 is 0 Å². The number of anilines is 1. The Balaban J connectivity index is 2.07. The number of aromatic nitrogens is 1. The smallest absolute Gasteiger partial charge is 0.345 e. The summed E-state index contributed by atoms with van der Waals surface area (Å²) in [5, 5.41) is 4.30. The van der Waals surface area contributed by atoms with Crippen LogP contribution in [-0.4, -0.2) is 25.2 Å². The molecule has 0 aliphatic rings. The predicted molar refractivity (Wildman–Crippen MR) is 101 cm³/mol. The number of fused-ring (bicyclic) bond motifs is 1. The molecule has 0 spiro atoms. The van der Waals surface area contributed by atoms with E-state index in [9.17, 15) is 9.59 Å². The van der Waals surface area contributed by atoms with E-state index in [0.717, 1.165) is 11.3 Å². The third kappa shape index (κ3) is 3.50. The van der Waals surface area contributed by atoms with Crippen molar-refractivity contribution >= 4 is 34.2 Å². The molecule has 0 bridgehead atoms. The number of aromatic amines is 1. The average Bonchev–Trinajstić information content (AvgIpc) is 2.66. The minimum atomic E-state index is -0.717. The van der Waals surface area contributed by atoms with Crippen molar-refractivity contribution in [2.75, 3.05) is 19.5 Å². The number of methoxy groups -OCH3 is 2. The van der Waals surface area contributed by atoms with Crippen LogP contribution in [0.4, 0.5) is 5.69 Å². The van der Waals surface area contributed by atoms with E-state index in [1.165, 1.54) is 7.11 Å². The van der Waals surface area contributed by atoms with Crippen LogP contribution in [0.3, 0.4) is 0 Å². The Morgan fingerprint density at radius 3 is 2.54 bits per heavy atom. The predicted octanol–water partition coefficient (Wildman–Crippen LogP) is 3.59. The lowest BCUT2D eigenvalue weighted by atomic mass is 10.1. The number of halogens is 1. The molecular weight excluding hydrogens is 356 g/mol. The third-order valence-corrected chi connectivity index (χ3v) is 4.23. The first kappa shape index (κ1) is 17.8. The van der Waals surface area contributed by atoms with E-state index < -0.39 is 11.5 Å². The van der Waals surface area contributed by atoms with Gasteiger partial charge in [0.2, 0.25) is 0 Å². The lowest BCUT2D eigenvalue weighted by Gasteiger charge is -2.14. The van der Waals surface area contributed by atoms with Crippen LogP contribution in [0.5, 0.6) is 5.75 Å². The number of rotatable bonds is 5. The Hall–Kier alpha value is -2.99. The zero-order valence-corrected chi connectivity index (χ0v) is 15.0. The number of H-pyrrole nitrogens is 1. The highest BCUT2D eigenvalue weighted by molar-refractivity contribution is 6.31. The minimum Gasteiger partial charge on any atom is -0.497 e. The molecule has 26 heavy (non-hydrogen) atoms. The lowest BCUT2D eigenvalue weighted by Crippen LogP contribution is -2.22. The van der Waals surface area contributed by atoms with Crippen molar-refractivity contribution in [3.05, 3.63) is 69.0 Å². The van der Waals surface area contributed by atoms with Crippen molar-refractivity contribution in [3.8, 4) is 5.75 Å². The van der Waals surface area contributed by atoms with Crippen LogP contribution in [-0.2, 0) is 11.3 Å². The van der Waals surface area contributed by atoms with E-state index in [1.807, 2.05) is 24.3 Å². The van der Waals surface area contributed by atoms with E-state index in [-0.39, 0.29) is 5.56 Å². The molecule has 3 rings (SSSR count). The highest BCUT2D eigenvalue weighted by Crippen LogP contribution is 2.27. The van der Waals surface area contributed by atoms with E-state index in [2.05, 4.69) is 10.3 Å². The van der Waals surface area contributed by atoms with Crippen molar-refractivity contribution < 1.29 is 14.3 Å². The number of esters is 1. The van der Waals surface area contributed by atoms with Crippen LogP contribution in [0.1, 0.15) is 15.9 Å². The summed E-state index contributed by atoms with van der Waals surface area (Å²) in [6.45, 7) is 0.402. The van der Waals surface area contributed by atoms with E-state index in [4.69, 9.17) is 21.1 Å². The second-order valence-corrected chi connectivity index (χ2v) is 6.02. The fraction of sp³-hybridized carbons (Fsp3) is 0.158. The van der Waals surface area contributed by atoms with Crippen LogP contribution in [0.15, 0.2) is 47.3 Å². The van der Waals surface area contributed by atoms with Crippen LogP contribution in [0.2, 0.25) is 5.02 Å². The number of nitrogens with one attached hydrogen (secondary N) is 2. The molecule has 0 fully saturated rings. The number of hydrogen-bond donors (Lipinski definition) is 2. The Morgan fingerprint density at radius 2 is 1.88 bits per heavy atom. The van der Waals surface area contributed by atoms with Gasteiger partial charge in [-0.2, -0.15) is 0 Å². The molecule has 6 nitrogen and oxygen atoms in total. The first-order valence-corrected chi connectivity index (χ1v) is 8.22. The maximum Gasteiger partial charge on any atom is 0.345 e. The zero-order valence-electron chi connectivity index (χ0n) is 14.3. The summed E-state index contributed by atoms with van der Waals surface area (Å²) in [5.74, 6) is 0.0303. The van der Waals surface area contributed by atoms with Crippen LogP contribution in [0.25, 0.3) is 10.9 Å². The monoisotopic (exact) mass is 372 g/mol. The molecule has 2 aromatic carbocycles. The molecule has 0 aliphatic heterocycles. The maximum atomic E-state index is 12.4. The third-order valence-electron chi connectivity index (χ3n) is 3.99. The molecule has 0 aliphatic carbocycles. The molecule has 7 heteroatoms. The molecule has 0 saturated carbocycles. The summed E-state index contributed by atoms with van der Waals surface area (Å²) in [4.78, 5) is 27.2. The molecule has 1 aromatic heterocycles. The molecular formula is C19H17ClN2O4. The zero-order chi connectivity index (χ0) is 18.7. The van der Waals surface area contributed by atoms with Gasteiger partial charge in [-0.05, 0) is 35.9 Å². The van der Waals surface area contributed by atoms with Gasteiger partial charge >= 0.3 is 5.97 Å². The fourth-order valence-corrected chi connectivity index (χ4v) is 2.85. The molecule has 134 valence electrons. The Kier molecular flexibility index (Phi) is 5.14. The second-order valence-electron chi connectivity index (χ2n) is 5.59. The van der Waals surface area contributed by atoms with E-state index in [0.29, 0.717) is 28.2 Å². The average molecular weight is 373 g/mol. The van der Waals surface area contributed by atoms with Gasteiger partial charge in [0.25, 0.3) is 5.56 Å². The van der Waals surface area contributed by atoms with E-state index in [1.54, 1.807) is 25.3 Å². The summed E-state index contributed by atoms with van der Waals surface area (Å²) < 4.78 is 9.91. The molecule has 3 aromatic rings. The number of benzene rings is 2. The summed E-state index contributed by atoms with van der Waals surface area (Å²) in [7, 11) is 2.83. The first-order chi connectivity index (χ1) is 12.5. The van der Waals surface area contributed by atoms with Crippen molar-refractivity contribution in [1.29, 1.82) is 0 Å². The highest BCUT2D eigenvalue weighted by Gasteiger charge is 2.20. The van der Waals surface area contributed by atoms with Gasteiger partial charge in [0, 0.05) is 17.0 Å². The Morgan fingerprint density at radius 1 is 1.15 bits per heavy atom. The maximum absolute atomic E-state index is 12.4. The van der Waals surface area contributed by atoms with Gasteiger partial charge < -0.3 is 19.8 Å². The molecule has 0 radical (unpaired) electrons. The van der Waals surface area contributed by atoms with Gasteiger partial charge in [-0.25, -0.2) is 4.79 Å². The SMILES string of the molecule is COC(=O)c1c(NCc2ccc(OC)cc2)c2cc(Cl)ccc2[nH]c1=O. The number of hydrogen-bond acceptors (Lipinski definition) is 5. The van der Waals surface area contributed by atoms with Gasteiger partial charge in [-0.1, -0.05) is 23.7 Å². The molecule has 0 atom stereocenters. The van der Waals surface area contributed by atoms with Gasteiger partial charge in [0.05, 0.1) is 25.4 Å². The van der Waals surface area contributed by atoms with Crippen LogP contribution in [0, 0.1) is 0 Å². The normalized spacial score (nSPS) is 10.6. The number of pyridine rings is 1. The lowest BCUT2D eigenvalue weighted by molar-refractivity contribution is 0.0600. The molecule has 0 unspecified atom stereocenters. The second kappa shape index (κ2) is 7.49. The first-order valence-electron chi connectivity index (χ1n) is 7.84. The number of ether oxygens (including phenoxy) is 2. The number of carbonyl (C=O) groups excluding carboxylic acids is 1. The molecule has 0 amide bonds. The molecule has 1 heterocycles. The summed E-state index contributed by atoms with van der Waals surface area (Å²) in [6, 6.07) is 12.5. The fourth-order valence-electron chi connectivity index (χ4n) is 2.68. The topological polar surface area (TPSA) is 80.4 Å². The standard InChI is InChI=1S/C19H17ClN2O4/c1-25-13-6-3-11(4-7-13)10-21-17-14-9-12(20)5-8-15(14)22-18(23)16(17)19(24)26-2/h3-9H,10H2,1-2H3,(H2,21,22,23). The minimum absolute atomic E-state index is 0.0872. The Bertz CT molecular complexity index is 1010. The van der Waals surface area contributed by atoms with Crippen molar-refractivity contribution in [2.24, 2.45) is 0 Å². The summed E-state index contributed by atoms with van der Waals surface area (Å²) in [5.41, 5.74) is 1.30. The van der Waals surface area contributed by atoms with Crippen molar-refractivity contribution in [1.82, 2.24) is 4.98 Å². The largest absolute Gasteiger partial charge is 0.497 e. The number of carbonyl (C=O) groups is 1. The van der Waals surface area contributed by atoms with Gasteiger partial charge in [-0.15, -0.1) is 0 Å². The van der Waals surface area contributed by atoms with Crippen LogP contribution >= 0.6 is 11.6 Å². The van der Waals surface area contributed by atoms with Crippen LogP contribution < -0.4 is 15.6 Å². The van der Waals surface area contributed by atoms with Gasteiger partial charge in [-0.3, -0.25) is 4.79 Å². The Labute approximate surface area is 154 Å². The van der Waals surface area contributed by atoms with Gasteiger partial charge in [0.1, 0.15) is 11.3 Å². The molecule has 0 saturated heterocycles. The van der Waals surface area contributed by atoms with Crippen molar-refractivity contribution in [2.45, 2.75) is 6.54 Å². The summed E-state index contributed by atoms with van der Waals surface area (Å²) in [6.07, 6.45) is 0.